The molecule has 0 aliphatic carbocycles. The molecule has 0 atom stereocenters. The molecule has 7 heteroatoms. The number of anilines is 1. The molecular formula is C13H15BrN2O3S. The molecule has 2 aromatic heterocycles. The number of aromatic nitrogens is 1. The van der Waals surface area contributed by atoms with Crippen LogP contribution in [0.5, 0.6) is 5.75 Å². The van der Waals surface area contributed by atoms with Crippen LogP contribution in [0.25, 0.3) is 10.2 Å². The summed E-state index contributed by atoms with van der Waals surface area (Å²) in [6.45, 7) is 5.46. The number of nitrogens with zero attached hydrogens (tertiary/aromatic N) is 1. The second-order valence-electron chi connectivity index (χ2n) is 5.09. The number of fused-ring (bicyclic) bond motifs is 1. The number of amides is 1. The van der Waals surface area contributed by atoms with Crippen LogP contribution < -0.4 is 10.1 Å². The van der Waals surface area contributed by atoms with Gasteiger partial charge in [0.15, 0.2) is 0 Å². The Morgan fingerprint density at radius 1 is 1.45 bits per heavy atom. The summed E-state index contributed by atoms with van der Waals surface area (Å²) < 4.78 is 12.0. The van der Waals surface area contributed by atoms with Gasteiger partial charge in [0.05, 0.1) is 28.0 Å². The number of carbonyl (C=O) groups is 1. The van der Waals surface area contributed by atoms with Gasteiger partial charge in [0.25, 0.3) is 0 Å². The molecule has 0 aromatic carbocycles. The van der Waals surface area contributed by atoms with Crippen LogP contribution >= 0.6 is 27.3 Å². The number of halogens is 1. The molecule has 108 valence electrons. The highest BCUT2D eigenvalue weighted by Crippen LogP contribution is 2.39. The Balaban J connectivity index is 2.27. The molecule has 20 heavy (non-hydrogen) atoms. The number of hydrogen-bond donors (Lipinski definition) is 1. The van der Waals surface area contributed by atoms with Crippen LogP contribution in [0, 0.1) is 0 Å². The number of pyridine rings is 1. The van der Waals surface area contributed by atoms with E-state index in [0.29, 0.717) is 10.8 Å². The third-order valence-electron chi connectivity index (χ3n) is 2.30. The van der Waals surface area contributed by atoms with Crippen molar-refractivity contribution < 1.29 is 14.3 Å². The molecule has 0 unspecified atom stereocenters. The lowest BCUT2D eigenvalue weighted by molar-refractivity contribution is 0.0636. The zero-order chi connectivity index (χ0) is 14.9. The number of hydrogen-bond acceptors (Lipinski definition) is 5. The standard InChI is InChI=1S/C13H15BrN2O3S/c1-13(2,3)19-12(17)16-11-9(14)10-8(20-11)5-7(18-4)6-15-10/h5-6H,1-4H3,(H,16,17). The summed E-state index contributed by atoms with van der Waals surface area (Å²) in [5, 5.41) is 3.39. The first-order valence-corrected chi connectivity index (χ1v) is 7.53. The van der Waals surface area contributed by atoms with Crippen molar-refractivity contribution in [3.63, 3.8) is 0 Å². The van der Waals surface area contributed by atoms with Gasteiger partial charge in [0.1, 0.15) is 16.4 Å². The molecule has 0 fully saturated rings. The Morgan fingerprint density at radius 3 is 2.75 bits per heavy atom. The molecule has 2 rings (SSSR count). The largest absolute Gasteiger partial charge is 0.495 e. The Labute approximate surface area is 129 Å². The van der Waals surface area contributed by atoms with E-state index >= 15 is 0 Å². The van der Waals surface area contributed by atoms with Crippen LogP contribution in [-0.4, -0.2) is 23.8 Å². The van der Waals surface area contributed by atoms with Gasteiger partial charge in [0, 0.05) is 6.07 Å². The van der Waals surface area contributed by atoms with Gasteiger partial charge in [-0.25, -0.2) is 4.79 Å². The van der Waals surface area contributed by atoms with Crippen molar-refractivity contribution in [2.45, 2.75) is 26.4 Å². The van der Waals surface area contributed by atoms with E-state index < -0.39 is 11.7 Å². The smallest absolute Gasteiger partial charge is 0.412 e. The first kappa shape index (κ1) is 15.1. The summed E-state index contributed by atoms with van der Waals surface area (Å²) in [5.74, 6) is 0.676. The first-order valence-electron chi connectivity index (χ1n) is 5.92. The molecule has 0 spiro atoms. The van der Waals surface area contributed by atoms with Gasteiger partial charge < -0.3 is 9.47 Å². The third-order valence-corrected chi connectivity index (χ3v) is 4.37. The lowest BCUT2D eigenvalue weighted by Crippen LogP contribution is -2.27. The van der Waals surface area contributed by atoms with Crippen LogP contribution in [0.3, 0.4) is 0 Å². The highest BCUT2D eigenvalue weighted by Gasteiger charge is 2.19. The number of ether oxygens (including phenoxy) is 2. The molecule has 0 bridgehead atoms. The van der Waals surface area contributed by atoms with Crippen molar-refractivity contribution >= 4 is 48.6 Å². The van der Waals surface area contributed by atoms with Crippen molar-refractivity contribution in [3.05, 3.63) is 16.7 Å². The van der Waals surface area contributed by atoms with Gasteiger partial charge >= 0.3 is 6.09 Å². The lowest BCUT2D eigenvalue weighted by Gasteiger charge is -2.19. The van der Waals surface area contributed by atoms with Crippen LogP contribution in [0.1, 0.15) is 20.8 Å². The molecule has 0 aliphatic heterocycles. The van der Waals surface area contributed by atoms with Gasteiger partial charge in [-0.3, -0.25) is 10.3 Å². The maximum atomic E-state index is 11.8. The lowest BCUT2D eigenvalue weighted by atomic mass is 10.2. The predicted molar refractivity (Wildman–Crippen MR) is 83.7 cm³/mol. The topological polar surface area (TPSA) is 60.5 Å². The van der Waals surface area contributed by atoms with Gasteiger partial charge in [-0.2, -0.15) is 0 Å². The van der Waals surface area contributed by atoms with Gasteiger partial charge in [-0.05, 0) is 36.7 Å². The molecule has 1 amide bonds. The van der Waals surface area contributed by atoms with Crippen molar-refractivity contribution in [2.75, 3.05) is 12.4 Å². The Hall–Kier alpha value is -1.34. The first-order chi connectivity index (χ1) is 9.30. The van der Waals surface area contributed by atoms with Crippen LogP contribution in [0.4, 0.5) is 9.80 Å². The number of carbonyl (C=O) groups excluding carboxylic acids is 1. The summed E-state index contributed by atoms with van der Waals surface area (Å²) in [7, 11) is 1.59. The predicted octanol–water partition coefficient (Wildman–Crippen LogP) is 4.41. The van der Waals surface area contributed by atoms with E-state index in [-0.39, 0.29) is 0 Å². The molecule has 2 heterocycles. The third kappa shape index (κ3) is 3.40. The molecule has 1 N–H and O–H groups in total. The number of methoxy groups -OCH3 is 1. The van der Waals surface area contributed by atoms with E-state index in [2.05, 4.69) is 26.2 Å². The number of thiophene rings is 1. The van der Waals surface area contributed by atoms with E-state index in [0.717, 1.165) is 14.7 Å². The fourth-order valence-corrected chi connectivity index (χ4v) is 3.28. The summed E-state index contributed by atoms with van der Waals surface area (Å²) in [6.07, 6.45) is 1.15. The second-order valence-corrected chi connectivity index (χ2v) is 6.94. The summed E-state index contributed by atoms with van der Waals surface area (Å²) in [4.78, 5) is 16.1. The minimum Gasteiger partial charge on any atom is -0.495 e. The van der Waals surface area contributed by atoms with E-state index in [4.69, 9.17) is 9.47 Å². The molecule has 0 saturated carbocycles. The Bertz CT molecular complexity index is 649. The second kappa shape index (κ2) is 5.57. The monoisotopic (exact) mass is 358 g/mol. The average molecular weight is 359 g/mol. The van der Waals surface area contributed by atoms with Gasteiger partial charge in [-0.15, -0.1) is 11.3 Å². The highest BCUT2D eigenvalue weighted by molar-refractivity contribution is 9.10. The van der Waals surface area contributed by atoms with E-state index in [1.54, 1.807) is 13.3 Å². The fraction of sp³-hybridized carbons (Fsp3) is 0.385. The number of nitrogens with one attached hydrogen (secondary N) is 1. The van der Waals surface area contributed by atoms with Crippen LogP contribution in [0.2, 0.25) is 0 Å². The maximum absolute atomic E-state index is 11.8. The van der Waals surface area contributed by atoms with Crippen molar-refractivity contribution in [3.8, 4) is 5.75 Å². The molecule has 5 nitrogen and oxygen atoms in total. The molecule has 0 radical (unpaired) electrons. The van der Waals surface area contributed by atoms with Gasteiger partial charge in [0.2, 0.25) is 0 Å². The van der Waals surface area contributed by atoms with Crippen molar-refractivity contribution in [2.24, 2.45) is 0 Å². The van der Waals surface area contributed by atoms with Crippen molar-refractivity contribution in [1.29, 1.82) is 0 Å². The summed E-state index contributed by atoms with van der Waals surface area (Å²) in [6, 6.07) is 1.87. The number of rotatable bonds is 2. The maximum Gasteiger partial charge on any atom is 0.412 e. The normalized spacial score (nSPS) is 11.4. The highest BCUT2D eigenvalue weighted by atomic mass is 79.9. The van der Waals surface area contributed by atoms with Gasteiger partial charge in [-0.1, -0.05) is 0 Å². The Morgan fingerprint density at radius 2 is 2.15 bits per heavy atom. The van der Waals surface area contributed by atoms with Crippen molar-refractivity contribution in [1.82, 2.24) is 4.98 Å². The summed E-state index contributed by atoms with van der Waals surface area (Å²) >= 11 is 4.85. The summed E-state index contributed by atoms with van der Waals surface area (Å²) in [5.41, 5.74) is 0.246. The molecule has 2 aromatic rings. The Kier molecular flexibility index (Phi) is 4.19. The van der Waals surface area contributed by atoms with E-state index in [1.165, 1.54) is 11.3 Å². The van der Waals surface area contributed by atoms with E-state index in [9.17, 15) is 4.79 Å². The zero-order valence-electron chi connectivity index (χ0n) is 11.6. The average Bonchev–Trinajstić information content (AvgIpc) is 2.63. The zero-order valence-corrected chi connectivity index (χ0v) is 14.0. The SMILES string of the molecule is COc1cnc2c(Br)c(NC(=O)OC(C)(C)C)sc2c1. The molecular weight excluding hydrogens is 344 g/mol. The van der Waals surface area contributed by atoms with Crippen LogP contribution in [0.15, 0.2) is 16.7 Å². The minimum absolute atomic E-state index is 0.489. The minimum atomic E-state index is -0.533. The molecule has 0 aliphatic rings. The van der Waals surface area contributed by atoms with E-state index in [1.807, 2.05) is 26.8 Å². The fourth-order valence-electron chi connectivity index (χ4n) is 1.52. The van der Waals surface area contributed by atoms with Crippen LogP contribution in [-0.2, 0) is 4.74 Å². The quantitative estimate of drug-likeness (QED) is 0.863. The molecule has 0 saturated heterocycles.